The Balaban J connectivity index is 1.93. The molecule has 0 radical (unpaired) electrons. The van der Waals surface area contributed by atoms with E-state index in [0.717, 1.165) is 22.1 Å². The molecule has 0 bridgehead atoms. The minimum Gasteiger partial charge on any atom is -0.469 e. The fourth-order valence-corrected chi connectivity index (χ4v) is 3.40. The van der Waals surface area contributed by atoms with Crippen LogP contribution in [0.3, 0.4) is 0 Å². The normalized spacial score (nSPS) is 12.3. The van der Waals surface area contributed by atoms with Crippen LogP contribution in [0.15, 0.2) is 63.8 Å². The third-order valence-electron chi connectivity index (χ3n) is 4.76. The number of fused-ring (bicyclic) bond motifs is 1. The number of hydrogen-bond donors (Lipinski definition) is 0. The molecule has 0 N–H and O–H groups in total. The van der Waals surface area contributed by atoms with Crippen LogP contribution in [0.25, 0.3) is 11.0 Å². The minimum absolute atomic E-state index is 0.244. The number of aryl methyl sites for hydroxylation is 1. The molecule has 1 unspecified atom stereocenters. The SMILES string of the molecule is COC(=O)C(C)CN(Cc1ccccc1)Cc1cc(=O)oc2cc(C)ccc12. The Morgan fingerprint density at radius 1 is 1.11 bits per heavy atom. The summed E-state index contributed by atoms with van der Waals surface area (Å²) in [6.45, 7) is 5.53. The molecule has 0 fully saturated rings. The summed E-state index contributed by atoms with van der Waals surface area (Å²) in [5.74, 6) is -0.520. The maximum atomic E-state index is 12.1. The number of carbonyl (C=O) groups excluding carboxylic acids is 1. The summed E-state index contributed by atoms with van der Waals surface area (Å²) in [5.41, 5.74) is 3.28. The monoisotopic (exact) mass is 379 g/mol. The van der Waals surface area contributed by atoms with Gasteiger partial charge < -0.3 is 9.15 Å². The van der Waals surface area contributed by atoms with Crippen molar-refractivity contribution in [1.82, 2.24) is 4.90 Å². The molecule has 1 atom stereocenters. The van der Waals surface area contributed by atoms with E-state index >= 15 is 0 Å². The summed E-state index contributed by atoms with van der Waals surface area (Å²) in [7, 11) is 1.40. The van der Waals surface area contributed by atoms with Crippen molar-refractivity contribution in [1.29, 1.82) is 0 Å². The quantitative estimate of drug-likeness (QED) is 0.460. The van der Waals surface area contributed by atoms with Gasteiger partial charge in [0.15, 0.2) is 0 Å². The lowest BCUT2D eigenvalue weighted by atomic mass is 10.1. The second kappa shape index (κ2) is 8.85. The molecule has 0 saturated carbocycles. The fraction of sp³-hybridized carbons (Fsp3) is 0.304. The summed E-state index contributed by atoms with van der Waals surface area (Å²) in [6.07, 6.45) is 0. The first-order valence-electron chi connectivity index (χ1n) is 9.34. The molecule has 0 spiro atoms. The Morgan fingerprint density at radius 3 is 2.57 bits per heavy atom. The Bertz CT molecular complexity index is 1010. The molecule has 3 aromatic rings. The molecule has 146 valence electrons. The average Bonchev–Trinajstić information content (AvgIpc) is 2.67. The van der Waals surface area contributed by atoms with Gasteiger partial charge in [0.05, 0.1) is 13.0 Å². The number of methoxy groups -OCH3 is 1. The van der Waals surface area contributed by atoms with Crippen molar-refractivity contribution < 1.29 is 13.9 Å². The van der Waals surface area contributed by atoms with Crippen molar-refractivity contribution in [3.63, 3.8) is 0 Å². The molecule has 0 aliphatic heterocycles. The highest BCUT2D eigenvalue weighted by molar-refractivity contribution is 5.80. The predicted molar refractivity (Wildman–Crippen MR) is 109 cm³/mol. The highest BCUT2D eigenvalue weighted by atomic mass is 16.5. The highest BCUT2D eigenvalue weighted by Crippen LogP contribution is 2.21. The molecule has 0 aliphatic rings. The number of esters is 1. The molecule has 1 aromatic heterocycles. The minimum atomic E-state index is -0.367. The van der Waals surface area contributed by atoms with Crippen LogP contribution >= 0.6 is 0 Å². The maximum Gasteiger partial charge on any atom is 0.336 e. The Morgan fingerprint density at radius 2 is 1.86 bits per heavy atom. The molecule has 5 nitrogen and oxygen atoms in total. The topological polar surface area (TPSA) is 59.8 Å². The average molecular weight is 379 g/mol. The van der Waals surface area contributed by atoms with Gasteiger partial charge in [0, 0.05) is 31.1 Å². The van der Waals surface area contributed by atoms with E-state index in [-0.39, 0.29) is 17.5 Å². The van der Waals surface area contributed by atoms with Crippen LogP contribution < -0.4 is 5.63 Å². The van der Waals surface area contributed by atoms with Gasteiger partial charge in [-0.2, -0.15) is 0 Å². The molecule has 0 saturated heterocycles. The molecule has 0 amide bonds. The van der Waals surface area contributed by atoms with Crippen LogP contribution in [0.1, 0.15) is 23.6 Å². The molecule has 28 heavy (non-hydrogen) atoms. The lowest BCUT2D eigenvalue weighted by Gasteiger charge is -2.25. The summed E-state index contributed by atoms with van der Waals surface area (Å²) < 4.78 is 10.3. The number of benzene rings is 2. The van der Waals surface area contributed by atoms with E-state index in [9.17, 15) is 9.59 Å². The second-order valence-corrected chi connectivity index (χ2v) is 7.17. The highest BCUT2D eigenvalue weighted by Gasteiger charge is 2.19. The van der Waals surface area contributed by atoms with Crippen LogP contribution in [-0.4, -0.2) is 24.5 Å². The molecular formula is C23H25NO4. The predicted octanol–water partition coefficient (Wildman–Crippen LogP) is 3.91. The summed E-state index contributed by atoms with van der Waals surface area (Å²) in [5, 5.41) is 0.911. The van der Waals surface area contributed by atoms with Crippen molar-refractivity contribution in [3.8, 4) is 0 Å². The molecule has 1 heterocycles. The van der Waals surface area contributed by atoms with Crippen molar-refractivity contribution in [2.24, 2.45) is 5.92 Å². The van der Waals surface area contributed by atoms with E-state index in [0.29, 0.717) is 25.2 Å². The smallest absolute Gasteiger partial charge is 0.336 e. The lowest BCUT2D eigenvalue weighted by Crippen LogP contribution is -2.32. The third-order valence-corrected chi connectivity index (χ3v) is 4.76. The number of nitrogens with zero attached hydrogens (tertiary/aromatic N) is 1. The molecule has 0 aliphatic carbocycles. The van der Waals surface area contributed by atoms with Crippen molar-refractivity contribution >= 4 is 16.9 Å². The van der Waals surface area contributed by atoms with Crippen molar-refractivity contribution in [3.05, 3.63) is 81.7 Å². The largest absolute Gasteiger partial charge is 0.469 e. The van der Waals surface area contributed by atoms with E-state index in [1.54, 1.807) is 6.07 Å². The van der Waals surface area contributed by atoms with Crippen LogP contribution in [0, 0.1) is 12.8 Å². The zero-order valence-corrected chi connectivity index (χ0v) is 16.5. The van der Waals surface area contributed by atoms with Gasteiger partial charge in [0.1, 0.15) is 5.58 Å². The van der Waals surface area contributed by atoms with E-state index in [1.165, 1.54) is 7.11 Å². The molecule has 3 rings (SSSR count). The summed E-state index contributed by atoms with van der Waals surface area (Å²) in [4.78, 5) is 26.2. The second-order valence-electron chi connectivity index (χ2n) is 7.17. The van der Waals surface area contributed by atoms with Crippen molar-refractivity contribution in [2.45, 2.75) is 26.9 Å². The Kier molecular flexibility index (Phi) is 6.26. The van der Waals surface area contributed by atoms with E-state index < -0.39 is 0 Å². The standard InChI is InChI=1S/C23H25NO4/c1-16-9-10-20-19(12-22(25)28-21(20)11-16)15-24(13-17(2)23(26)27-3)14-18-7-5-4-6-8-18/h4-12,17H,13-15H2,1-3H3. The first kappa shape index (κ1) is 19.8. The van der Waals surface area contributed by atoms with Gasteiger partial charge in [-0.15, -0.1) is 0 Å². The van der Waals surface area contributed by atoms with Gasteiger partial charge >= 0.3 is 11.6 Å². The van der Waals surface area contributed by atoms with Gasteiger partial charge in [-0.25, -0.2) is 4.79 Å². The van der Waals surface area contributed by atoms with Crippen LogP contribution in [0.5, 0.6) is 0 Å². The first-order chi connectivity index (χ1) is 13.5. The number of ether oxygens (including phenoxy) is 1. The van der Waals surface area contributed by atoms with Crippen molar-refractivity contribution in [2.75, 3.05) is 13.7 Å². The van der Waals surface area contributed by atoms with Crippen LogP contribution in [0.4, 0.5) is 0 Å². The Labute approximate surface area is 164 Å². The first-order valence-corrected chi connectivity index (χ1v) is 9.34. The van der Waals surface area contributed by atoms with Crippen LogP contribution in [0.2, 0.25) is 0 Å². The van der Waals surface area contributed by atoms with Crippen LogP contribution in [-0.2, 0) is 22.6 Å². The van der Waals surface area contributed by atoms with E-state index in [1.807, 2.05) is 50.2 Å². The number of rotatable bonds is 7. The van der Waals surface area contributed by atoms with Gasteiger partial charge in [-0.1, -0.05) is 49.4 Å². The van der Waals surface area contributed by atoms with Gasteiger partial charge in [-0.05, 0) is 29.7 Å². The zero-order valence-electron chi connectivity index (χ0n) is 16.5. The van der Waals surface area contributed by atoms with E-state index in [4.69, 9.17) is 9.15 Å². The maximum absolute atomic E-state index is 12.1. The fourth-order valence-electron chi connectivity index (χ4n) is 3.40. The third kappa shape index (κ3) is 4.87. The van der Waals surface area contributed by atoms with Gasteiger partial charge in [-0.3, -0.25) is 9.69 Å². The Hall–Kier alpha value is -2.92. The number of hydrogen-bond acceptors (Lipinski definition) is 5. The van der Waals surface area contributed by atoms with Gasteiger partial charge in [0.2, 0.25) is 0 Å². The lowest BCUT2D eigenvalue weighted by molar-refractivity contribution is -0.145. The van der Waals surface area contributed by atoms with Gasteiger partial charge in [0.25, 0.3) is 0 Å². The summed E-state index contributed by atoms with van der Waals surface area (Å²) in [6, 6.07) is 17.5. The molecule has 2 aromatic carbocycles. The molecule has 5 heteroatoms. The zero-order chi connectivity index (χ0) is 20.1. The molecular weight excluding hydrogens is 354 g/mol. The number of carbonyl (C=O) groups is 1. The van der Waals surface area contributed by atoms with E-state index in [2.05, 4.69) is 17.0 Å². The summed E-state index contributed by atoms with van der Waals surface area (Å²) >= 11 is 0.